The van der Waals surface area contributed by atoms with Crippen LogP contribution in [-0.4, -0.2) is 76.1 Å². The number of fused-ring (bicyclic) bond motifs is 1. The van der Waals surface area contributed by atoms with E-state index >= 15 is 0 Å². The van der Waals surface area contributed by atoms with Crippen LogP contribution in [0.4, 0.5) is 4.39 Å². The number of carbonyl (C=O) groups excluding carboxylic acids is 2. The number of aryl methyl sites for hydroxylation is 1. The Labute approximate surface area is 188 Å². The fourth-order valence-electron chi connectivity index (χ4n) is 5.42. The first-order valence-electron chi connectivity index (χ1n) is 11.6. The molecule has 0 radical (unpaired) electrons. The van der Waals surface area contributed by atoms with Crippen molar-refractivity contribution in [2.24, 2.45) is 0 Å². The average Bonchev–Trinajstić information content (AvgIpc) is 3.46. The number of H-pyrrole nitrogens is 1. The number of halogens is 1. The van der Waals surface area contributed by atoms with Gasteiger partial charge in [0.05, 0.1) is 5.52 Å². The second-order valence-corrected chi connectivity index (χ2v) is 9.10. The number of aliphatic hydroxyl groups is 1. The van der Waals surface area contributed by atoms with Gasteiger partial charge in [-0.05, 0) is 63.6 Å². The summed E-state index contributed by atoms with van der Waals surface area (Å²) >= 11 is 0. The van der Waals surface area contributed by atoms with Gasteiger partial charge in [-0.2, -0.15) is 0 Å². The Morgan fingerprint density at radius 1 is 1.31 bits per heavy atom. The lowest BCUT2D eigenvalue weighted by Gasteiger charge is -2.36. The van der Waals surface area contributed by atoms with Crippen molar-refractivity contribution in [1.29, 1.82) is 0 Å². The molecule has 174 valence electrons. The van der Waals surface area contributed by atoms with Crippen LogP contribution in [0.25, 0.3) is 10.9 Å². The maximum absolute atomic E-state index is 14.1. The number of rotatable bonds is 6. The van der Waals surface area contributed by atoms with E-state index in [0.717, 1.165) is 50.8 Å². The number of nitrogens with one attached hydrogen (secondary N) is 2. The van der Waals surface area contributed by atoms with Gasteiger partial charge in [0.2, 0.25) is 5.91 Å². The summed E-state index contributed by atoms with van der Waals surface area (Å²) in [4.78, 5) is 32.2. The number of likely N-dealkylation sites (tertiary alicyclic amines) is 1. The van der Waals surface area contributed by atoms with Crippen LogP contribution in [0.2, 0.25) is 0 Å². The van der Waals surface area contributed by atoms with Crippen LogP contribution >= 0.6 is 0 Å². The fraction of sp³-hybridized carbons (Fsp3) is 0.583. The molecule has 4 rings (SSSR count). The highest BCUT2D eigenvalue weighted by molar-refractivity contribution is 5.99. The third-order valence-electron chi connectivity index (χ3n) is 7.12. The molecule has 1 aromatic carbocycles. The van der Waals surface area contributed by atoms with E-state index < -0.39 is 6.61 Å². The number of nitrogens with zero attached hydrogens (tertiary/aromatic N) is 2. The Kier molecular flexibility index (Phi) is 6.81. The zero-order valence-corrected chi connectivity index (χ0v) is 18.9. The summed E-state index contributed by atoms with van der Waals surface area (Å²) in [6.45, 7) is 5.73. The van der Waals surface area contributed by atoms with Gasteiger partial charge in [0.25, 0.3) is 5.91 Å². The van der Waals surface area contributed by atoms with E-state index in [4.69, 9.17) is 0 Å². The first-order chi connectivity index (χ1) is 15.4. The molecular formula is C24H33FN4O3. The van der Waals surface area contributed by atoms with Crippen LogP contribution in [0.15, 0.2) is 18.2 Å². The minimum atomic E-state index is -0.445. The molecular weight excluding hydrogens is 411 g/mol. The van der Waals surface area contributed by atoms with E-state index in [0.29, 0.717) is 29.2 Å². The smallest absolute Gasteiger partial charge is 0.267 e. The van der Waals surface area contributed by atoms with E-state index in [9.17, 15) is 19.1 Å². The zero-order valence-electron chi connectivity index (χ0n) is 18.9. The number of aromatic amines is 1. The summed E-state index contributed by atoms with van der Waals surface area (Å²) < 4.78 is 14.1. The van der Waals surface area contributed by atoms with E-state index in [-0.39, 0.29) is 29.7 Å². The van der Waals surface area contributed by atoms with Gasteiger partial charge in [0.15, 0.2) is 0 Å². The molecule has 2 amide bonds. The number of carbonyl (C=O) groups is 2. The van der Waals surface area contributed by atoms with Crippen molar-refractivity contribution in [2.45, 2.75) is 64.1 Å². The molecule has 0 bridgehead atoms. The Balaban J connectivity index is 1.37. The maximum Gasteiger partial charge on any atom is 0.267 e. The van der Waals surface area contributed by atoms with Crippen molar-refractivity contribution in [2.75, 3.05) is 26.2 Å². The van der Waals surface area contributed by atoms with Crippen LogP contribution in [0.3, 0.4) is 0 Å². The number of hydrogen-bond donors (Lipinski definition) is 3. The number of amides is 2. The standard InChI is InChI=1S/C24H33FN4O3/c1-3-29(22(31)14-30)18-9-10-28(13-18)17-6-4-5-16(11-17)26-24(32)21-12-19-20(25)8-7-15(2)23(19)27-21/h7-8,12,16-18,27,30H,3-6,9-11,13-14H2,1-2H3,(H,26,32)/t16-,17-,18+/m1/s1. The van der Waals surface area contributed by atoms with E-state index in [1.165, 1.54) is 6.07 Å². The first kappa shape index (κ1) is 22.7. The number of hydrogen-bond acceptors (Lipinski definition) is 4. The molecule has 8 heteroatoms. The molecule has 2 aliphatic rings. The zero-order chi connectivity index (χ0) is 22.8. The Hall–Kier alpha value is -2.45. The number of likely N-dealkylation sites (N-methyl/N-ethyl adjacent to an activating group) is 1. The van der Waals surface area contributed by atoms with E-state index in [2.05, 4.69) is 15.2 Å². The van der Waals surface area contributed by atoms with Crippen molar-refractivity contribution in [3.63, 3.8) is 0 Å². The molecule has 2 aromatic rings. The normalized spacial score (nSPS) is 24.1. The summed E-state index contributed by atoms with van der Waals surface area (Å²) in [5.74, 6) is -0.739. The maximum atomic E-state index is 14.1. The van der Waals surface area contributed by atoms with Crippen LogP contribution in [0.5, 0.6) is 0 Å². The highest BCUT2D eigenvalue weighted by Crippen LogP contribution is 2.28. The number of aliphatic hydroxyl groups excluding tert-OH is 1. The van der Waals surface area contributed by atoms with Gasteiger partial charge in [0, 0.05) is 43.1 Å². The molecule has 0 unspecified atom stereocenters. The van der Waals surface area contributed by atoms with Crippen LogP contribution < -0.4 is 5.32 Å². The molecule has 0 spiro atoms. The quantitative estimate of drug-likeness (QED) is 0.639. The van der Waals surface area contributed by atoms with Gasteiger partial charge in [0.1, 0.15) is 18.1 Å². The van der Waals surface area contributed by atoms with Gasteiger partial charge in [-0.15, -0.1) is 0 Å². The fourth-order valence-corrected chi connectivity index (χ4v) is 5.42. The van der Waals surface area contributed by atoms with Crippen LogP contribution in [-0.2, 0) is 4.79 Å². The van der Waals surface area contributed by atoms with Crippen molar-refractivity contribution in [3.8, 4) is 0 Å². The Morgan fingerprint density at radius 3 is 2.84 bits per heavy atom. The molecule has 2 fully saturated rings. The summed E-state index contributed by atoms with van der Waals surface area (Å²) in [7, 11) is 0. The van der Waals surface area contributed by atoms with Gasteiger partial charge >= 0.3 is 0 Å². The molecule has 1 aliphatic carbocycles. The number of benzene rings is 1. The minimum absolute atomic E-state index is 0.0685. The highest BCUT2D eigenvalue weighted by atomic mass is 19.1. The van der Waals surface area contributed by atoms with Crippen LogP contribution in [0.1, 0.15) is 55.1 Å². The van der Waals surface area contributed by atoms with E-state index in [1.807, 2.05) is 13.8 Å². The molecule has 1 aliphatic heterocycles. The van der Waals surface area contributed by atoms with Gasteiger partial charge in [-0.1, -0.05) is 6.07 Å². The third kappa shape index (κ3) is 4.52. The summed E-state index contributed by atoms with van der Waals surface area (Å²) in [5.41, 5.74) is 1.96. The SMILES string of the molecule is CCN(C(=O)CO)[C@H]1CCN([C@@H]2CCC[C@@H](NC(=O)c3cc4c(F)ccc(C)c4[nH]3)C2)C1. The molecule has 3 N–H and O–H groups in total. The third-order valence-corrected chi connectivity index (χ3v) is 7.12. The molecule has 1 aromatic heterocycles. The van der Waals surface area contributed by atoms with Crippen LogP contribution in [0, 0.1) is 12.7 Å². The molecule has 32 heavy (non-hydrogen) atoms. The molecule has 3 atom stereocenters. The molecule has 7 nitrogen and oxygen atoms in total. The van der Waals surface area contributed by atoms with Crippen molar-refractivity contribution in [3.05, 3.63) is 35.3 Å². The monoisotopic (exact) mass is 444 g/mol. The second-order valence-electron chi connectivity index (χ2n) is 9.10. The second kappa shape index (κ2) is 9.58. The lowest BCUT2D eigenvalue weighted by atomic mass is 9.90. The largest absolute Gasteiger partial charge is 0.387 e. The first-order valence-corrected chi connectivity index (χ1v) is 11.6. The van der Waals surface area contributed by atoms with Gasteiger partial charge in [-0.3, -0.25) is 14.5 Å². The average molecular weight is 445 g/mol. The molecule has 2 heterocycles. The molecule has 1 saturated carbocycles. The predicted molar refractivity (Wildman–Crippen MR) is 121 cm³/mol. The highest BCUT2D eigenvalue weighted by Gasteiger charge is 2.35. The van der Waals surface area contributed by atoms with Crippen molar-refractivity contribution in [1.82, 2.24) is 20.1 Å². The summed E-state index contributed by atoms with van der Waals surface area (Å²) in [6.07, 6.45) is 4.82. The lowest BCUT2D eigenvalue weighted by Crippen LogP contribution is -2.47. The minimum Gasteiger partial charge on any atom is -0.387 e. The van der Waals surface area contributed by atoms with Gasteiger partial charge < -0.3 is 20.3 Å². The molecule has 1 saturated heterocycles. The van der Waals surface area contributed by atoms with Crippen molar-refractivity contribution >= 4 is 22.7 Å². The number of aromatic nitrogens is 1. The van der Waals surface area contributed by atoms with E-state index in [1.54, 1.807) is 17.0 Å². The topological polar surface area (TPSA) is 88.7 Å². The predicted octanol–water partition coefficient (Wildman–Crippen LogP) is 2.57. The summed E-state index contributed by atoms with van der Waals surface area (Å²) in [6, 6.07) is 5.30. The summed E-state index contributed by atoms with van der Waals surface area (Å²) in [5, 5.41) is 12.8. The lowest BCUT2D eigenvalue weighted by molar-refractivity contribution is -0.136. The Morgan fingerprint density at radius 2 is 2.12 bits per heavy atom. The van der Waals surface area contributed by atoms with Gasteiger partial charge in [-0.25, -0.2) is 4.39 Å². The van der Waals surface area contributed by atoms with Crippen molar-refractivity contribution < 1.29 is 19.1 Å². The Bertz CT molecular complexity index is 952.